The summed E-state index contributed by atoms with van der Waals surface area (Å²) < 4.78 is 2.03. The van der Waals surface area contributed by atoms with Gasteiger partial charge in [0.15, 0.2) is 0 Å². The normalized spacial score (nSPS) is 14.4. The third kappa shape index (κ3) is 4.28. The first-order chi connectivity index (χ1) is 7.30. The minimum atomic E-state index is 0.305. The Morgan fingerprint density at radius 2 is 2.00 bits per heavy atom. The minimum absolute atomic E-state index is 0.305. The zero-order chi connectivity index (χ0) is 12.3. The first-order valence-electron chi connectivity index (χ1n) is 5.98. The predicted octanol–water partition coefficient (Wildman–Crippen LogP) is 4.21. The predicted molar refractivity (Wildman–Crippen MR) is 73.1 cm³/mol. The molecule has 0 aromatic carbocycles. The van der Waals surface area contributed by atoms with E-state index in [9.17, 15) is 0 Å². The molecule has 0 N–H and O–H groups in total. The van der Waals surface area contributed by atoms with Gasteiger partial charge in [-0.3, -0.25) is 4.68 Å². The van der Waals surface area contributed by atoms with Crippen LogP contribution in [0.3, 0.4) is 0 Å². The third-order valence-electron chi connectivity index (χ3n) is 2.69. The summed E-state index contributed by atoms with van der Waals surface area (Å²) in [7, 11) is 0. The van der Waals surface area contributed by atoms with Crippen LogP contribution in [-0.4, -0.2) is 14.6 Å². The highest BCUT2D eigenvalue weighted by Gasteiger charge is 2.21. The van der Waals surface area contributed by atoms with Crippen LogP contribution in [0.1, 0.15) is 52.8 Å². The van der Waals surface area contributed by atoms with Crippen LogP contribution < -0.4 is 0 Å². The lowest BCUT2D eigenvalue weighted by Crippen LogP contribution is -2.19. The van der Waals surface area contributed by atoms with Crippen LogP contribution >= 0.6 is 15.9 Å². The van der Waals surface area contributed by atoms with Gasteiger partial charge in [0.05, 0.1) is 5.69 Å². The van der Waals surface area contributed by atoms with E-state index in [0.717, 1.165) is 6.42 Å². The first kappa shape index (κ1) is 13.8. The molecule has 0 radical (unpaired) electrons. The van der Waals surface area contributed by atoms with Gasteiger partial charge in [0.2, 0.25) is 0 Å². The standard InChI is InChI=1S/C13H23BrN2/c1-10(2)16-7-6-12(15-16)9-13(4,5)8-11(3)14/h6-7,10-11H,8-9H2,1-5H3. The Morgan fingerprint density at radius 3 is 2.44 bits per heavy atom. The van der Waals surface area contributed by atoms with E-state index in [2.05, 4.69) is 67.9 Å². The van der Waals surface area contributed by atoms with Crippen molar-refractivity contribution in [2.75, 3.05) is 0 Å². The molecule has 92 valence electrons. The highest BCUT2D eigenvalue weighted by molar-refractivity contribution is 9.09. The van der Waals surface area contributed by atoms with Gasteiger partial charge >= 0.3 is 0 Å². The molecule has 0 fully saturated rings. The monoisotopic (exact) mass is 286 g/mol. The van der Waals surface area contributed by atoms with E-state index in [-0.39, 0.29) is 0 Å². The Balaban J connectivity index is 2.65. The van der Waals surface area contributed by atoms with E-state index in [1.54, 1.807) is 0 Å². The Morgan fingerprint density at radius 1 is 1.38 bits per heavy atom. The second kappa shape index (κ2) is 5.35. The highest BCUT2D eigenvalue weighted by Crippen LogP contribution is 2.29. The van der Waals surface area contributed by atoms with E-state index in [4.69, 9.17) is 0 Å². The van der Waals surface area contributed by atoms with Gasteiger partial charge in [-0.15, -0.1) is 0 Å². The largest absolute Gasteiger partial charge is 0.270 e. The van der Waals surface area contributed by atoms with Crippen LogP contribution in [0.25, 0.3) is 0 Å². The number of aromatic nitrogens is 2. The van der Waals surface area contributed by atoms with Crippen LogP contribution in [0.2, 0.25) is 0 Å². The van der Waals surface area contributed by atoms with E-state index < -0.39 is 0 Å². The van der Waals surface area contributed by atoms with Crippen molar-refractivity contribution in [1.82, 2.24) is 9.78 Å². The summed E-state index contributed by atoms with van der Waals surface area (Å²) in [4.78, 5) is 0.565. The van der Waals surface area contributed by atoms with Crippen molar-refractivity contribution in [2.24, 2.45) is 5.41 Å². The van der Waals surface area contributed by atoms with Gasteiger partial charge in [-0.25, -0.2) is 0 Å². The zero-order valence-electron chi connectivity index (χ0n) is 11.0. The lowest BCUT2D eigenvalue weighted by Gasteiger charge is -2.25. The molecule has 0 aliphatic rings. The maximum atomic E-state index is 4.60. The molecule has 1 heterocycles. The molecule has 0 bridgehead atoms. The fourth-order valence-electron chi connectivity index (χ4n) is 2.08. The van der Waals surface area contributed by atoms with Crippen LogP contribution in [-0.2, 0) is 6.42 Å². The summed E-state index contributed by atoms with van der Waals surface area (Å²) in [5.74, 6) is 0. The first-order valence-corrected chi connectivity index (χ1v) is 6.90. The van der Waals surface area contributed by atoms with Crippen LogP contribution in [0.4, 0.5) is 0 Å². The van der Waals surface area contributed by atoms with Crippen molar-refractivity contribution in [2.45, 2.75) is 58.3 Å². The maximum Gasteiger partial charge on any atom is 0.0630 e. The number of rotatable bonds is 5. The quantitative estimate of drug-likeness (QED) is 0.742. The summed E-state index contributed by atoms with van der Waals surface area (Å²) in [5.41, 5.74) is 1.51. The number of halogens is 1. The molecule has 1 atom stereocenters. The van der Waals surface area contributed by atoms with Crippen LogP contribution in [0, 0.1) is 5.41 Å². The van der Waals surface area contributed by atoms with E-state index in [1.807, 2.05) is 4.68 Å². The Kier molecular flexibility index (Phi) is 4.60. The molecule has 3 heteroatoms. The van der Waals surface area contributed by atoms with Crippen molar-refractivity contribution in [3.63, 3.8) is 0 Å². The molecule has 0 spiro atoms. The number of nitrogens with zero attached hydrogens (tertiary/aromatic N) is 2. The summed E-state index contributed by atoms with van der Waals surface area (Å²) >= 11 is 3.63. The lowest BCUT2D eigenvalue weighted by molar-refractivity contribution is 0.329. The van der Waals surface area contributed by atoms with Gasteiger partial charge in [-0.2, -0.15) is 5.10 Å². The van der Waals surface area contributed by atoms with Crippen molar-refractivity contribution in [3.05, 3.63) is 18.0 Å². The van der Waals surface area contributed by atoms with Gasteiger partial charge in [0.1, 0.15) is 0 Å². The second-order valence-electron chi connectivity index (χ2n) is 5.71. The van der Waals surface area contributed by atoms with Crippen molar-refractivity contribution >= 4 is 15.9 Å². The van der Waals surface area contributed by atoms with E-state index >= 15 is 0 Å². The molecule has 2 nitrogen and oxygen atoms in total. The molecule has 16 heavy (non-hydrogen) atoms. The third-order valence-corrected chi connectivity index (χ3v) is 3.01. The molecule has 1 aromatic heterocycles. The van der Waals surface area contributed by atoms with E-state index in [0.29, 0.717) is 16.3 Å². The molecule has 0 amide bonds. The van der Waals surface area contributed by atoms with Gasteiger partial charge in [-0.1, -0.05) is 36.7 Å². The van der Waals surface area contributed by atoms with Crippen LogP contribution in [0.15, 0.2) is 12.3 Å². The molecule has 1 aromatic rings. The number of alkyl halides is 1. The van der Waals surface area contributed by atoms with Crippen molar-refractivity contribution in [1.29, 1.82) is 0 Å². The summed E-state index contributed by atoms with van der Waals surface area (Å²) in [6.45, 7) is 11.1. The molecule has 0 aliphatic carbocycles. The smallest absolute Gasteiger partial charge is 0.0630 e. The fourth-order valence-corrected chi connectivity index (χ4v) is 2.96. The zero-order valence-corrected chi connectivity index (χ0v) is 12.6. The molecule has 0 saturated heterocycles. The number of hydrogen-bond donors (Lipinski definition) is 0. The summed E-state index contributed by atoms with van der Waals surface area (Å²) in [5, 5.41) is 4.60. The Hall–Kier alpha value is -0.310. The van der Waals surface area contributed by atoms with Gasteiger partial charge in [0.25, 0.3) is 0 Å². The Bertz CT molecular complexity index is 326. The average Bonchev–Trinajstić information content (AvgIpc) is 2.48. The van der Waals surface area contributed by atoms with Crippen molar-refractivity contribution < 1.29 is 0 Å². The molecule has 1 unspecified atom stereocenters. The SMILES string of the molecule is CC(Br)CC(C)(C)Cc1ccn(C(C)C)n1. The average molecular weight is 287 g/mol. The Labute approximate surface area is 108 Å². The van der Waals surface area contributed by atoms with Crippen LogP contribution in [0.5, 0.6) is 0 Å². The van der Waals surface area contributed by atoms with Crippen molar-refractivity contribution in [3.8, 4) is 0 Å². The van der Waals surface area contributed by atoms with Gasteiger partial charge < -0.3 is 0 Å². The van der Waals surface area contributed by atoms with Gasteiger partial charge in [0, 0.05) is 17.1 Å². The fraction of sp³-hybridized carbons (Fsp3) is 0.769. The maximum absolute atomic E-state index is 4.60. The topological polar surface area (TPSA) is 17.8 Å². The lowest BCUT2D eigenvalue weighted by atomic mass is 9.83. The molecule has 0 aliphatic heterocycles. The summed E-state index contributed by atoms with van der Waals surface area (Å²) in [6, 6.07) is 2.59. The molecular weight excluding hydrogens is 264 g/mol. The highest BCUT2D eigenvalue weighted by atomic mass is 79.9. The van der Waals surface area contributed by atoms with Gasteiger partial charge in [-0.05, 0) is 38.2 Å². The minimum Gasteiger partial charge on any atom is -0.270 e. The second-order valence-corrected chi connectivity index (χ2v) is 7.27. The number of hydrogen-bond acceptors (Lipinski definition) is 1. The van der Waals surface area contributed by atoms with E-state index in [1.165, 1.54) is 12.1 Å². The molecule has 0 saturated carbocycles. The summed E-state index contributed by atoms with van der Waals surface area (Å²) in [6.07, 6.45) is 4.29. The molecular formula is C13H23BrN2. The molecule has 1 rings (SSSR count).